The molecule has 1 aliphatic rings. The van der Waals surface area contributed by atoms with Gasteiger partial charge >= 0.3 is 0 Å². The summed E-state index contributed by atoms with van der Waals surface area (Å²) in [5.41, 5.74) is 4.03. The first-order chi connectivity index (χ1) is 11.3. The van der Waals surface area contributed by atoms with Gasteiger partial charge in [0.25, 0.3) is 10.0 Å². The van der Waals surface area contributed by atoms with Crippen molar-refractivity contribution in [3.63, 3.8) is 0 Å². The summed E-state index contributed by atoms with van der Waals surface area (Å²) in [6.45, 7) is 1.74. The Hall–Kier alpha value is -2.03. The number of halogens is 1. The number of phenols is 1. The number of nitrogens with zero attached hydrogens (tertiary/aromatic N) is 2. The van der Waals surface area contributed by atoms with E-state index in [-0.39, 0.29) is 15.8 Å². The SMILES string of the molecule is Cc1cc2c(cc1Cl)SC(N/N=C/c1ccc(O)cc1)=NS2(=O)=O. The van der Waals surface area contributed by atoms with Gasteiger partial charge in [0, 0.05) is 9.92 Å². The summed E-state index contributed by atoms with van der Waals surface area (Å²) in [6, 6.07) is 9.52. The molecule has 0 amide bonds. The molecule has 6 nitrogen and oxygen atoms in total. The highest BCUT2D eigenvalue weighted by molar-refractivity contribution is 8.15. The van der Waals surface area contributed by atoms with E-state index < -0.39 is 10.0 Å². The molecule has 0 aliphatic carbocycles. The number of hydrogen-bond acceptors (Lipinski definition) is 6. The zero-order valence-electron chi connectivity index (χ0n) is 12.4. The monoisotopic (exact) mass is 381 g/mol. The number of sulfonamides is 1. The van der Waals surface area contributed by atoms with Crippen molar-refractivity contribution in [3.8, 4) is 5.75 Å². The van der Waals surface area contributed by atoms with Gasteiger partial charge in [-0.2, -0.15) is 13.5 Å². The van der Waals surface area contributed by atoms with Crippen LogP contribution >= 0.6 is 23.4 Å². The third kappa shape index (κ3) is 3.55. The van der Waals surface area contributed by atoms with Crippen LogP contribution in [0, 0.1) is 6.92 Å². The van der Waals surface area contributed by atoms with Gasteiger partial charge in [-0.15, -0.1) is 4.40 Å². The van der Waals surface area contributed by atoms with Crippen LogP contribution in [0.5, 0.6) is 5.75 Å². The fraction of sp³-hybridized carbons (Fsp3) is 0.0667. The Balaban J connectivity index is 1.82. The van der Waals surface area contributed by atoms with Crippen molar-refractivity contribution in [3.05, 3.63) is 52.5 Å². The van der Waals surface area contributed by atoms with Crippen LogP contribution in [0.4, 0.5) is 0 Å². The Bertz CT molecular complexity index is 955. The van der Waals surface area contributed by atoms with Gasteiger partial charge < -0.3 is 5.11 Å². The van der Waals surface area contributed by atoms with Crippen molar-refractivity contribution in [1.82, 2.24) is 5.43 Å². The molecule has 2 N–H and O–H groups in total. The highest BCUT2D eigenvalue weighted by Crippen LogP contribution is 2.36. The van der Waals surface area contributed by atoms with Gasteiger partial charge in [-0.05, 0) is 66.2 Å². The summed E-state index contributed by atoms with van der Waals surface area (Å²) in [6.07, 6.45) is 1.49. The topological polar surface area (TPSA) is 91.1 Å². The lowest BCUT2D eigenvalue weighted by molar-refractivity contribution is 0.475. The summed E-state index contributed by atoms with van der Waals surface area (Å²) in [5, 5.41) is 13.8. The number of hydrazone groups is 1. The van der Waals surface area contributed by atoms with Crippen molar-refractivity contribution in [2.24, 2.45) is 9.50 Å². The minimum Gasteiger partial charge on any atom is -0.508 e. The van der Waals surface area contributed by atoms with Crippen molar-refractivity contribution in [2.45, 2.75) is 16.7 Å². The molecule has 0 bridgehead atoms. The summed E-state index contributed by atoms with van der Waals surface area (Å²) in [5.74, 6) is 0.155. The normalized spacial score (nSPS) is 15.8. The second-order valence-electron chi connectivity index (χ2n) is 4.98. The van der Waals surface area contributed by atoms with E-state index in [9.17, 15) is 13.5 Å². The standard InChI is InChI=1S/C15H12ClN3O3S2/c1-9-6-14-13(7-12(9)16)23-15(19-24(14,21)22)18-17-8-10-2-4-11(20)5-3-10/h2-8,20H,1H3,(H,18,19)/b17-8+. The summed E-state index contributed by atoms with van der Waals surface area (Å²) < 4.78 is 28.2. The van der Waals surface area contributed by atoms with Gasteiger partial charge in [0.2, 0.25) is 0 Å². The molecule has 2 aromatic carbocycles. The number of amidine groups is 1. The molecule has 0 saturated carbocycles. The molecule has 0 atom stereocenters. The van der Waals surface area contributed by atoms with Crippen LogP contribution in [0.3, 0.4) is 0 Å². The third-order valence-corrected chi connectivity index (χ3v) is 6.08. The van der Waals surface area contributed by atoms with Crippen LogP contribution in [0.25, 0.3) is 0 Å². The van der Waals surface area contributed by atoms with Crippen LogP contribution in [-0.4, -0.2) is 24.9 Å². The Morgan fingerprint density at radius 3 is 2.71 bits per heavy atom. The molecule has 9 heteroatoms. The number of fused-ring (bicyclic) bond motifs is 1. The van der Waals surface area contributed by atoms with Crippen molar-refractivity contribution >= 4 is 44.8 Å². The van der Waals surface area contributed by atoms with Crippen LogP contribution in [0.1, 0.15) is 11.1 Å². The molecule has 1 heterocycles. The van der Waals surface area contributed by atoms with Gasteiger partial charge in [-0.25, -0.2) is 0 Å². The predicted molar refractivity (Wildman–Crippen MR) is 95.5 cm³/mol. The number of benzene rings is 2. The van der Waals surface area contributed by atoms with E-state index in [0.29, 0.717) is 15.5 Å². The molecule has 0 unspecified atom stereocenters. The van der Waals surface area contributed by atoms with E-state index in [1.165, 1.54) is 24.4 Å². The van der Waals surface area contributed by atoms with E-state index in [0.717, 1.165) is 17.3 Å². The molecule has 0 radical (unpaired) electrons. The number of aromatic hydroxyl groups is 1. The number of rotatable bonds is 2. The zero-order chi connectivity index (χ0) is 17.3. The van der Waals surface area contributed by atoms with E-state index in [2.05, 4.69) is 14.9 Å². The molecule has 0 aromatic heterocycles. The second-order valence-corrected chi connectivity index (χ2v) is 7.99. The minimum atomic E-state index is -3.79. The van der Waals surface area contributed by atoms with Crippen molar-refractivity contribution in [1.29, 1.82) is 0 Å². The minimum absolute atomic E-state index is 0.137. The molecule has 0 spiro atoms. The maximum absolute atomic E-state index is 12.3. The summed E-state index contributed by atoms with van der Waals surface area (Å²) >= 11 is 7.21. The molecule has 1 aliphatic heterocycles. The maximum Gasteiger partial charge on any atom is 0.285 e. The molecule has 124 valence electrons. The van der Waals surface area contributed by atoms with E-state index in [1.807, 2.05) is 0 Å². The summed E-state index contributed by atoms with van der Waals surface area (Å²) in [4.78, 5) is 0.644. The van der Waals surface area contributed by atoms with Crippen LogP contribution in [0.2, 0.25) is 5.02 Å². The third-order valence-electron chi connectivity index (χ3n) is 3.18. The average molecular weight is 382 g/mol. The highest BCUT2D eigenvalue weighted by Gasteiger charge is 2.26. The van der Waals surface area contributed by atoms with Crippen molar-refractivity contribution < 1.29 is 13.5 Å². The van der Waals surface area contributed by atoms with Gasteiger partial charge in [0.05, 0.1) is 6.21 Å². The molecular weight excluding hydrogens is 370 g/mol. The highest BCUT2D eigenvalue weighted by atomic mass is 35.5. The second kappa shape index (κ2) is 6.46. The van der Waals surface area contributed by atoms with E-state index >= 15 is 0 Å². The first kappa shape index (κ1) is 16.8. The Labute approximate surface area is 148 Å². The van der Waals surface area contributed by atoms with Crippen LogP contribution < -0.4 is 5.43 Å². The fourth-order valence-electron chi connectivity index (χ4n) is 1.96. The Kier molecular flexibility index (Phi) is 4.53. The van der Waals surface area contributed by atoms with Gasteiger partial charge in [0.1, 0.15) is 10.6 Å². The molecule has 3 rings (SSSR count). The van der Waals surface area contributed by atoms with E-state index in [4.69, 9.17) is 11.6 Å². The number of aryl methyl sites for hydroxylation is 1. The first-order valence-electron chi connectivity index (χ1n) is 6.76. The Morgan fingerprint density at radius 1 is 1.29 bits per heavy atom. The van der Waals surface area contributed by atoms with Gasteiger partial charge in [-0.1, -0.05) is 11.6 Å². The summed E-state index contributed by atoms with van der Waals surface area (Å²) in [7, 11) is -3.79. The number of phenolic OH excluding ortho intramolecular Hbond substituents is 1. The lowest BCUT2D eigenvalue weighted by atomic mass is 10.2. The molecule has 2 aromatic rings. The fourth-order valence-corrected chi connectivity index (χ4v) is 4.72. The van der Waals surface area contributed by atoms with E-state index in [1.54, 1.807) is 25.1 Å². The lowest BCUT2D eigenvalue weighted by Gasteiger charge is -2.15. The maximum atomic E-state index is 12.3. The molecule has 0 saturated heterocycles. The van der Waals surface area contributed by atoms with Gasteiger partial charge in [-0.3, -0.25) is 5.43 Å². The zero-order valence-corrected chi connectivity index (χ0v) is 14.8. The van der Waals surface area contributed by atoms with Crippen molar-refractivity contribution in [2.75, 3.05) is 0 Å². The van der Waals surface area contributed by atoms with Crippen LogP contribution in [-0.2, 0) is 10.0 Å². The average Bonchev–Trinajstić information content (AvgIpc) is 2.51. The first-order valence-corrected chi connectivity index (χ1v) is 9.40. The smallest absolute Gasteiger partial charge is 0.285 e. The van der Waals surface area contributed by atoms with Gasteiger partial charge in [0.15, 0.2) is 5.17 Å². The molecule has 24 heavy (non-hydrogen) atoms. The largest absolute Gasteiger partial charge is 0.508 e. The quantitative estimate of drug-likeness (QED) is 0.616. The lowest BCUT2D eigenvalue weighted by Crippen LogP contribution is -2.20. The Morgan fingerprint density at radius 2 is 2.00 bits per heavy atom. The number of thioether (sulfide) groups is 1. The predicted octanol–water partition coefficient (Wildman–Crippen LogP) is 3.13. The van der Waals surface area contributed by atoms with Crippen LogP contribution in [0.15, 0.2) is 55.7 Å². The number of nitrogens with one attached hydrogen (secondary N) is 1. The molecular formula is C15H12ClN3O3S2. The number of hydrogen-bond donors (Lipinski definition) is 2. The molecule has 0 fully saturated rings.